The van der Waals surface area contributed by atoms with Gasteiger partial charge in [0.2, 0.25) is 5.91 Å². The number of nitrogens with two attached hydrogens (primary N) is 1. The van der Waals surface area contributed by atoms with Crippen LogP contribution in [0, 0.1) is 5.82 Å². The van der Waals surface area contributed by atoms with Crippen molar-refractivity contribution in [1.29, 1.82) is 0 Å². The highest BCUT2D eigenvalue weighted by Gasteiger charge is 2.38. The van der Waals surface area contributed by atoms with Gasteiger partial charge in [-0.3, -0.25) is 10.1 Å². The van der Waals surface area contributed by atoms with Crippen molar-refractivity contribution >= 4 is 11.6 Å². The molecule has 1 saturated carbocycles. The second kappa shape index (κ2) is 5.17. The predicted molar refractivity (Wildman–Crippen MR) is 73.4 cm³/mol. The summed E-state index contributed by atoms with van der Waals surface area (Å²) in [5.74, 6) is -0.717. The van der Waals surface area contributed by atoms with Crippen LogP contribution in [0.25, 0.3) is 0 Å². The smallest absolute Gasteiger partial charge is 0.239 e. The second-order valence-electron chi connectivity index (χ2n) is 5.42. The highest BCUT2D eigenvalue weighted by molar-refractivity contribution is 5.85. The standard InChI is InChI=1S/C14H20FN3O/c1-14(13(16)19,17-10-7-8-10)9-18(2)12-6-4-3-5-11(12)15/h3-6,10,17H,7-9H2,1-2H3,(H2,16,19). The van der Waals surface area contributed by atoms with Crippen LogP contribution >= 0.6 is 0 Å². The lowest BCUT2D eigenvalue weighted by atomic mass is 10.00. The van der Waals surface area contributed by atoms with Gasteiger partial charge in [-0.05, 0) is 31.9 Å². The number of halogens is 1. The van der Waals surface area contributed by atoms with Crippen LogP contribution in [0.15, 0.2) is 24.3 Å². The van der Waals surface area contributed by atoms with E-state index in [1.54, 1.807) is 37.1 Å². The van der Waals surface area contributed by atoms with Gasteiger partial charge in [-0.1, -0.05) is 12.1 Å². The summed E-state index contributed by atoms with van der Waals surface area (Å²) in [4.78, 5) is 13.4. The lowest BCUT2D eigenvalue weighted by Gasteiger charge is -2.33. The van der Waals surface area contributed by atoms with Gasteiger partial charge in [0.25, 0.3) is 0 Å². The molecule has 5 heteroatoms. The van der Waals surface area contributed by atoms with Gasteiger partial charge in [-0.25, -0.2) is 4.39 Å². The third-order valence-corrected chi connectivity index (χ3v) is 3.46. The normalized spacial score (nSPS) is 17.8. The molecule has 1 amide bonds. The number of anilines is 1. The van der Waals surface area contributed by atoms with Crippen LogP contribution in [0.3, 0.4) is 0 Å². The largest absolute Gasteiger partial charge is 0.370 e. The highest BCUT2D eigenvalue weighted by Crippen LogP contribution is 2.24. The summed E-state index contributed by atoms with van der Waals surface area (Å²) in [7, 11) is 1.76. The van der Waals surface area contributed by atoms with Gasteiger partial charge in [-0.2, -0.15) is 0 Å². The number of primary amides is 1. The van der Waals surface area contributed by atoms with Crippen molar-refractivity contribution in [3.8, 4) is 0 Å². The zero-order valence-electron chi connectivity index (χ0n) is 11.3. The third kappa shape index (κ3) is 3.23. The van der Waals surface area contributed by atoms with E-state index in [9.17, 15) is 9.18 Å². The Balaban J connectivity index is 2.12. The number of carbonyl (C=O) groups excluding carboxylic acids is 1. The maximum Gasteiger partial charge on any atom is 0.239 e. The number of para-hydroxylation sites is 1. The Morgan fingerprint density at radius 3 is 2.68 bits per heavy atom. The number of carbonyl (C=O) groups is 1. The lowest BCUT2D eigenvalue weighted by molar-refractivity contribution is -0.123. The van der Waals surface area contributed by atoms with Crippen LogP contribution in [-0.4, -0.2) is 31.1 Å². The minimum absolute atomic E-state index is 0.303. The Morgan fingerprint density at radius 2 is 2.16 bits per heavy atom. The van der Waals surface area contributed by atoms with Gasteiger partial charge in [0.05, 0.1) is 5.69 Å². The van der Waals surface area contributed by atoms with E-state index in [2.05, 4.69) is 5.32 Å². The van der Waals surface area contributed by atoms with Crippen molar-refractivity contribution in [2.75, 3.05) is 18.5 Å². The van der Waals surface area contributed by atoms with E-state index in [4.69, 9.17) is 5.73 Å². The topological polar surface area (TPSA) is 58.4 Å². The molecule has 1 aliphatic carbocycles. The Bertz CT molecular complexity index is 476. The molecular formula is C14H20FN3O. The molecule has 19 heavy (non-hydrogen) atoms. The second-order valence-corrected chi connectivity index (χ2v) is 5.42. The SMILES string of the molecule is CN(CC(C)(NC1CC1)C(N)=O)c1ccccc1F. The number of nitrogens with one attached hydrogen (secondary N) is 1. The molecule has 0 saturated heterocycles. The molecule has 1 aromatic rings. The van der Waals surface area contributed by atoms with Crippen molar-refractivity contribution < 1.29 is 9.18 Å². The van der Waals surface area contributed by atoms with E-state index in [1.165, 1.54) is 6.07 Å². The van der Waals surface area contributed by atoms with Crippen molar-refractivity contribution in [3.63, 3.8) is 0 Å². The number of hydrogen-bond acceptors (Lipinski definition) is 3. The van der Waals surface area contributed by atoms with Crippen LogP contribution in [0.4, 0.5) is 10.1 Å². The van der Waals surface area contributed by atoms with Crippen LogP contribution < -0.4 is 16.0 Å². The lowest BCUT2D eigenvalue weighted by Crippen LogP contribution is -2.60. The molecule has 1 unspecified atom stereocenters. The minimum atomic E-state index is -0.849. The molecule has 0 spiro atoms. The molecule has 2 rings (SSSR count). The van der Waals surface area contributed by atoms with Gasteiger partial charge in [0, 0.05) is 19.6 Å². The summed E-state index contributed by atoms with van der Waals surface area (Å²) in [6.07, 6.45) is 2.12. The summed E-state index contributed by atoms with van der Waals surface area (Å²) in [5.41, 5.74) is 5.11. The molecular weight excluding hydrogens is 245 g/mol. The predicted octanol–water partition coefficient (Wildman–Crippen LogP) is 1.26. The number of benzene rings is 1. The van der Waals surface area contributed by atoms with E-state index in [0.29, 0.717) is 18.3 Å². The van der Waals surface area contributed by atoms with Gasteiger partial charge in [-0.15, -0.1) is 0 Å². The first-order valence-electron chi connectivity index (χ1n) is 6.45. The number of nitrogens with zero attached hydrogens (tertiary/aromatic N) is 1. The first kappa shape index (κ1) is 13.8. The van der Waals surface area contributed by atoms with Crippen molar-refractivity contribution in [2.24, 2.45) is 5.73 Å². The van der Waals surface area contributed by atoms with Crippen LogP contribution in [0.2, 0.25) is 0 Å². The van der Waals surface area contributed by atoms with Crippen LogP contribution in [-0.2, 0) is 4.79 Å². The summed E-state index contributed by atoms with van der Waals surface area (Å²) < 4.78 is 13.7. The molecule has 4 nitrogen and oxygen atoms in total. The van der Waals surface area contributed by atoms with Crippen molar-refractivity contribution in [1.82, 2.24) is 5.32 Å². The molecule has 1 fully saturated rings. The molecule has 0 heterocycles. The summed E-state index contributed by atoms with van der Waals surface area (Å²) in [6, 6.07) is 6.86. The first-order chi connectivity index (χ1) is 8.92. The van der Waals surface area contributed by atoms with Crippen molar-refractivity contribution in [2.45, 2.75) is 31.3 Å². The zero-order chi connectivity index (χ0) is 14.0. The van der Waals surface area contributed by atoms with Gasteiger partial charge in [0.15, 0.2) is 0 Å². The number of hydrogen-bond donors (Lipinski definition) is 2. The van der Waals surface area contributed by atoms with E-state index < -0.39 is 11.4 Å². The first-order valence-corrected chi connectivity index (χ1v) is 6.45. The van der Waals surface area contributed by atoms with Gasteiger partial charge in [0.1, 0.15) is 11.4 Å². The molecule has 0 aliphatic heterocycles. The summed E-state index contributed by atoms with van der Waals surface area (Å²) >= 11 is 0. The van der Waals surface area contributed by atoms with E-state index in [-0.39, 0.29) is 5.82 Å². The van der Waals surface area contributed by atoms with E-state index in [1.807, 2.05) is 0 Å². The number of likely N-dealkylation sites (N-methyl/N-ethyl adjacent to an activating group) is 1. The molecule has 1 atom stereocenters. The Morgan fingerprint density at radius 1 is 1.53 bits per heavy atom. The minimum Gasteiger partial charge on any atom is -0.370 e. The van der Waals surface area contributed by atoms with E-state index >= 15 is 0 Å². The monoisotopic (exact) mass is 265 g/mol. The molecule has 0 radical (unpaired) electrons. The summed E-state index contributed by atoms with van der Waals surface area (Å²) in [6.45, 7) is 2.10. The molecule has 1 aromatic carbocycles. The summed E-state index contributed by atoms with van der Waals surface area (Å²) in [5, 5.41) is 3.25. The molecule has 1 aliphatic rings. The number of amides is 1. The molecule has 104 valence electrons. The molecule has 0 bridgehead atoms. The average molecular weight is 265 g/mol. The van der Waals surface area contributed by atoms with Gasteiger partial charge < -0.3 is 10.6 Å². The highest BCUT2D eigenvalue weighted by atomic mass is 19.1. The maximum atomic E-state index is 13.7. The molecule has 3 N–H and O–H groups in total. The van der Waals surface area contributed by atoms with Crippen LogP contribution in [0.1, 0.15) is 19.8 Å². The van der Waals surface area contributed by atoms with Crippen LogP contribution in [0.5, 0.6) is 0 Å². The fraction of sp³-hybridized carbons (Fsp3) is 0.500. The van der Waals surface area contributed by atoms with E-state index in [0.717, 1.165) is 12.8 Å². The molecule has 0 aromatic heterocycles. The quantitative estimate of drug-likeness (QED) is 0.814. The average Bonchev–Trinajstić information content (AvgIpc) is 3.12. The van der Waals surface area contributed by atoms with Crippen molar-refractivity contribution in [3.05, 3.63) is 30.1 Å². The maximum absolute atomic E-state index is 13.7. The van der Waals surface area contributed by atoms with Gasteiger partial charge >= 0.3 is 0 Å². The Hall–Kier alpha value is -1.62. The Labute approximate surface area is 112 Å². The fourth-order valence-corrected chi connectivity index (χ4v) is 2.19. The number of rotatable bonds is 6. The fourth-order valence-electron chi connectivity index (χ4n) is 2.19. The Kier molecular flexibility index (Phi) is 3.75. The zero-order valence-corrected chi connectivity index (χ0v) is 11.3. The third-order valence-electron chi connectivity index (χ3n) is 3.46.